The molecular formula is C15H19N5O2S. The van der Waals surface area contributed by atoms with Crippen molar-refractivity contribution in [3.63, 3.8) is 0 Å². The molecule has 8 heteroatoms. The highest BCUT2D eigenvalue weighted by Crippen LogP contribution is 2.22. The fourth-order valence-corrected chi connectivity index (χ4v) is 4.08. The minimum absolute atomic E-state index is 0.167. The van der Waals surface area contributed by atoms with E-state index in [0.29, 0.717) is 17.2 Å². The van der Waals surface area contributed by atoms with E-state index in [1.807, 2.05) is 25.1 Å². The Bertz CT molecular complexity index is 952. The maximum Gasteiger partial charge on any atom is 0.246 e. The standard InChI is InChI=1S/C15H19N5O2S/c1-9-5-6-12-13(7-9)17-14(16-12)8-20(4)23(21,22)15-10(2)18-19-11(15)3/h5-7H,8H2,1-4H3,(H,16,17)(H,18,19). The number of nitrogens with zero attached hydrogens (tertiary/aromatic N) is 3. The largest absolute Gasteiger partial charge is 0.341 e. The molecule has 0 amide bonds. The van der Waals surface area contributed by atoms with Gasteiger partial charge in [0.1, 0.15) is 10.7 Å². The van der Waals surface area contributed by atoms with Gasteiger partial charge in [-0.15, -0.1) is 0 Å². The average molecular weight is 333 g/mol. The highest BCUT2D eigenvalue weighted by Gasteiger charge is 2.27. The van der Waals surface area contributed by atoms with Crippen molar-refractivity contribution in [2.24, 2.45) is 0 Å². The SMILES string of the molecule is Cc1ccc2nc(CN(C)S(=O)(=O)c3c(C)n[nH]c3C)[nH]c2c1. The lowest BCUT2D eigenvalue weighted by Crippen LogP contribution is -2.27. The normalized spacial score (nSPS) is 12.4. The summed E-state index contributed by atoms with van der Waals surface area (Å²) in [6, 6.07) is 5.89. The third-order valence-corrected chi connectivity index (χ3v) is 5.85. The number of nitrogens with one attached hydrogen (secondary N) is 2. The predicted molar refractivity (Wildman–Crippen MR) is 87.5 cm³/mol. The van der Waals surface area contributed by atoms with Crippen LogP contribution in [0, 0.1) is 20.8 Å². The van der Waals surface area contributed by atoms with Crippen LogP contribution in [0.15, 0.2) is 23.1 Å². The van der Waals surface area contributed by atoms with Gasteiger partial charge in [-0.1, -0.05) is 6.07 Å². The van der Waals surface area contributed by atoms with Gasteiger partial charge in [0, 0.05) is 7.05 Å². The van der Waals surface area contributed by atoms with E-state index >= 15 is 0 Å². The second-order valence-corrected chi connectivity index (χ2v) is 7.71. The van der Waals surface area contributed by atoms with E-state index in [2.05, 4.69) is 20.2 Å². The van der Waals surface area contributed by atoms with E-state index in [1.165, 1.54) is 4.31 Å². The van der Waals surface area contributed by atoms with Crippen LogP contribution in [-0.2, 0) is 16.6 Å². The van der Waals surface area contributed by atoms with Crippen LogP contribution >= 0.6 is 0 Å². The molecule has 0 unspecified atom stereocenters. The van der Waals surface area contributed by atoms with Gasteiger partial charge in [0.25, 0.3) is 0 Å². The third-order valence-electron chi connectivity index (χ3n) is 3.79. The molecule has 0 aliphatic carbocycles. The highest BCUT2D eigenvalue weighted by atomic mass is 32.2. The van der Waals surface area contributed by atoms with Crippen molar-refractivity contribution in [2.45, 2.75) is 32.2 Å². The van der Waals surface area contributed by atoms with Crippen LogP contribution in [0.3, 0.4) is 0 Å². The van der Waals surface area contributed by atoms with Crippen LogP contribution in [0.25, 0.3) is 11.0 Å². The smallest absolute Gasteiger partial charge is 0.246 e. The molecule has 0 saturated carbocycles. The van der Waals surface area contributed by atoms with Crippen LogP contribution in [0.2, 0.25) is 0 Å². The summed E-state index contributed by atoms with van der Waals surface area (Å²) >= 11 is 0. The Balaban J connectivity index is 1.92. The monoisotopic (exact) mass is 333 g/mol. The van der Waals surface area contributed by atoms with E-state index in [9.17, 15) is 8.42 Å². The fraction of sp³-hybridized carbons (Fsp3) is 0.333. The lowest BCUT2D eigenvalue weighted by atomic mass is 10.2. The van der Waals surface area contributed by atoms with E-state index < -0.39 is 10.0 Å². The number of sulfonamides is 1. The van der Waals surface area contributed by atoms with Gasteiger partial charge in [0.05, 0.1) is 29.0 Å². The van der Waals surface area contributed by atoms with Gasteiger partial charge in [-0.3, -0.25) is 5.10 Å². The molecule has 2 N–H and O–H groups in total. The van der Waals surface area contributed by atoms with Crippen LogP contribution in [0.5, 0.6) is 0 Å². The summed E-state index contributed by atoms with van der Waals surface area (Å²) in [7, 11) is -2.08. The molecule has 0 atom stereocenters. The average Bonchev–Trinajstić information content (AvgIpc) is 3.01. The van der Waals surface area contributed by atoms with Gasteiger partial charge in [-0.25, -0.2) is 13.4 Å². The molecule has 0 fully saturated rings. The summed E-state index contributed by atoms with van der Waals surface area (Å²) in [6.45, 7) is 5.54. The van der Waals surface area contributed by atoms with E-state index in [1.54, 1.807) is 20.9 Å². The molecule has 7 nitrogen and oxygen atoms in total. The first-order valence-electron chi connectivity index (χ1n) is 7.22. The zero-order valence-corrected chi connectivity index (χ0v) is 14.3. The molecule has 23 heavy (non-hydrogen) atoms. The van der Waals surface area contributed by atoms with Gasteiger partial charge in [-0.05, 0) is 38.5 Å². The topological polar surface area (TPSA) is 94.7 Å². The van der Waals surface area contributed by atoms with Crippen LogP contribution in [0.4, 0.5) is 0 Å². The van der Waals surface area contributed by atoms with Gasteiger partial charge in [0.2, 0.25) is 10.0 Å². The summed E-state index contributed by atoms with van der Waals surface area (Å²) in [5, 5.41) is 6.67. The molecule has 0 aliphatic rings. The maximum absolute atomic E-state index is 12.7. The number of benzene rings is 1. The Hall–Kier alpha value is -2.19. The van der Waals surface area contributed by atoms with Crippen molar-refractivity contribution in [1.82, 2.24) is 24.5 Å². The second-order valence-electron chi connectivity index (χ2n) is 5.73. The van der Waals surface area contributed by atoms with E-state index in [0.717, 1.165) is 16.6 Å². The Kier molecular flexibility index (Phi) is 3.73. The molecule has 0 saturated heterocycles. The lowest BCUT2D eigenvalue weighted by Gasteiger charge is -2.16. The first kappa shape index (κ1) is 15.7. The van der Waals surface area contributed by atoms with Crippen molar-refractivity contribution in [3.8, 4) is 0 Å². The summed E-state index contributed by atoms with van der Waals surface area (Å²) in [6.07, 6.45) is 0. The zero-order valence-electron chi connectivity index (χ0n) is 13.5. The van der Waals surface area contributed by atoms with Gasteiger partial charge >= 0.3 is 0 Å². The Morgan fingerprint density at radius 3 is 2.61 bits per heavy atom. The Morgan fingerprint density at radius 2 is 1.96 bits per heavy atom. The van der Waals surface area contributed by atoms with Crippen LogP contribution in [0.1, 0.15) is 22.8 Å². The van der Waals surface area contributed by atoms with Crippen molar-refractivity contribution in [2.75, 3.05) is 7.05 Å². The molecular weight excluding hydrogens is 314 g/mol. The van der Waals surface area contributed by atoms with E-state index in [-0.39, 0.29) is 11.4 Å². The number of aryl methyl sites for hydroxylation is 3. The predicted octanol–water partition coefficient (Wildman–Crippen LogP) is 2.03. The van der Waals surface area contributed by atoms with Crippen molar-refractivity contribution in [1.29, 1.82) is 0 Å². The molecule has 122 valence electrons. The molecule has 0 spiro atoms. The minimum Gasteiger partial charge on any atom is -0.341 e. The van der Waals surface area contributed by atoms with Crippen molar-refractivity contribution >= 4 is 21.1 Å². The third kappa shape index (κ3) is 2.75. The number of aromatic nitrogens is 4. The van der Waals surface area contributed by atoms with Crippen molar-refractivity contribution < 1.29 is 8.42 Å². The quantitative estimate of drug-likeness (QED) is 0.764. The first-order valence-corrected chi connectivity index (χ1v) is 8.66. The Labute approximate surface area is 134 Å². The molecule has 3 rings (SSSR count). The second kappa shape index (κ2) is 5.47. The Morgan fingerprint density at radius 1 is 1.22 bits per heavy atom. The lowest BCUT2D eigenvalue weighted by molar-refractivity contribution is 0.458. The molecule has 0 bridgehead atoms. The number of H-pyrrole nitrogens is 2. The number of hydrogen-bond acceptors (Lipinski definition) is 4. The first-order chi connectivity index (χ1) is 10.8. The van der Waals surface area contributed by atoms with Crippen LogP contribution < -0.4 is 0 Å². The number of imidazole rings is 1. The highest BCUT2D eigenvalue weighted by molar-refractivity contribution is 7.89. The number of rotatable bonds is 4. The van der Waals surface area contributed by atoms with Gasteiger partial charge < -0.3 is 4.98 Å². The minimum atomic E-state index is -3.62. The molecule has 2 heterocycles. The summed E-state index contributed by atoms with van der Waals surface area (Å²) < 4.78 is 26.7. The van der Waals surface area contributed by atoms with Gasteiger partial charge in [0.15, 0.2) is 0 Å². The summed E-state index contributed by atoms with van der Waals surface area (Å²) in [5.74, 6) is 0.607. The number of hydrogen-bond donors (Lipinski definition) is 2. The molecule has 1 aromatic carbocycles. The number of fused-ring (bicyclic) bond motifs is 1. The molecule has 0 aliphatic heterocycles. The fourth-order valence-electron chi connectivity index (χ4n) is 2.62. The van der Waals surface area contributed by atoms with E-state index in [4.69, 9.17) is 0 Å². The van der Waals surface area contributed by atoms with Crippen LogP contribution in [-0.4, -0.2) is 39.9 Å². The molecule has 3 aromatic rings. The molecule has 0 radical (unpaired) electrons. The maximum atomic E-state index is 12.7. The zero-order chi connectivity index (χ0) is 16.8. The van der Waals surface area contributed by atoms with Crippen molar-refractivity contribution in [3.05, 3.63) is 41.0 Å². The number of aromatic amines is 2. The summed E-state index contributed by atoms with van der Waals surface area (Å²) in [4.78, 5) is 7.85. The van der Waals surface area contributed by atoms with Gasteiger partial charge in [-0.2, -0.15) is 9.40 Å². The summed E-state index contributed by atoms with van der Waals surface area (Å²) in [5.41, 5.74) is 3.86. The molecule has 2 aromatic heterocycles.